The first kappa shape index (κ1) is 13.7. The molecule has 2 N–H and O–H groups in total. The van der Waals surface area contributed by atoms with E-state index in [2.05, 4.69) is 18.9 Å². The van der Waals surface area contributed by atoms with Crippen LogP contribution in [0.25, 0.3) is 0 Å². The number of hydrogen-bond acceptors (Lipinski definition) is 4. The number of rotatable bonds is 6. The van der Waals surface area contributed by atoms with Crippen LogP contribution in [0.5, 0.6) is 0 Å². The zero-order chi connectivity index (χ0) is 12.8. The van der Waals surface area contributed by atoms with Gasteiger partial charge >= 0.3 is 0 Å². The molecule has 0 saturated heterocycles. The summed E-state index contributed by atoms with van der Waals surface area (Å²) in [6, 6.07) is 1.62. The zero-order valence-corrected chi connectivity index (χ0v) is 10.9. The smallest absolute Gasteiger partial charge is 0.268 e. The van der Waals surface area contributed by atoms with Crippen molar-refractivity contribution in [3.8, 4) is 0 Å². The molecule has 1 heterocycles. The molecule has 1 unspecified atom stereocenters. The van der Waals surface area contributed by atoms with E-state index in [1.807, 2.05) is 11.9 Å². The molecule has 0 aliphatic carbocycles. The van der Waals surface area contributed by atoms with Gasteiger partial charge in [0.25, 0.3) is 5.56 Å². The SMILES string of the molecule is CCC(C)Cn1ncc(N(C)CCN)cc1=O. The van der Waals surface area contributed by atoms with Gasteiger partial charge < -0.3 is 10.6 Å². The lowest BCUT2D eigenvalue weighted by atomic mass is 10.1. The van der Waals surface area contributed by atoms with Crippen molar-refractivity contribution in [3.05, 3.63) is 22.6 Å². The first-order valence-electron chi connectivity index (χ1n) is 6.06. The Bertz CT molecular complexity index is 402. The minimum atomic E-state index is -0.0494. The second-order valence-corrected chi connectivity index (χ2v) is 4.46. The molecule has 0 spiro atoms. The maximum atomic E-state index is 11.8. The molecule has 0 radical (unpaired) electrons. The molecule has 1 rings (SSSR count). The standard InChI is InChI=1S/C12H22N4O/c1-4-10(2)9-16-12(17)7-11(8-14-16)15(3)6-5-13/h7-8,10H,4-6,9,13H2,1-3H3. The van der Waals surface area contributed by atoms with Crippen LogP contribution in [0, 0.1) is 5.92 Å². The Kier molecular flexibility index (Phi) is 5.15. The van der Waals surface area contributed by atoms with E-state index in [1.165, 1.54) is 4.68 Å². The Hall–Kier alpha value is -1.36. The lowest BCUT2D eigenvalue weighted by Crippen LogP contribution is -2.29. The maximum Gasteiger partial charge on any atom is 0.268 e. The van der Waals surface area contributed by atoms with Crippen LogP contribution in [-0.4, -0.2) is 29.9 Å². The molecule has 96 valence electrons. The number of hydrogen-bond donors (Lipinski definition) is 1. The first-order chi connectivity index (χ1) is 8.08. The summed E-state index contributed by atoms with van der Waals surface area (Å²) in [6.07, 6.45) is 2.77. The summed E-state index contributed by atoms with van der Waals surface area (Å²) >= 11 is 0. The van der Waals surface area contributed by atoms with Gasteiger partial charge in [0.15, 0.2) is 0 Å². The molecule has 1 atom stereocenters. The number of nitrogens with two attached hydrogens (primary N) is 1. The van der Waals surface area contributed by atoms with Gasteiger partial charge in [-0.25, -0.2) is 4.68 Å². The maximum absolute atomic E-state index is 11.8. The molecule has 1 aromatic rings. The van der Waals surface area contributed by atoms with Crippen LogP contribution in [0.3, 0.4) is 0 Å². The van der Waals surface area contributed by atoms with Crippen LogP contribution in [0.4, 0.5) is 5.69 Å². The van der Waals surface area contributed by atoms with E-state index >= 15 is 0 Å². The minimum absolute atomic E-state index is 0.0494. The van der Waals surface area contributed by atoms with E-state index in [1.54, 1.807) is 12.3 Å². The van der Waals surface area contributed by atoms with Gasteiger partial charge in [-0.2, -0.15) is 5.10 Å². The van der Waals surface area contributed by atoms with Crippen molar-refractivity contribution >= 4 is 5.69 Å². The van der Waals surface area contributed by atoms with Crippen molar-refractivity contribution in [2.75, 3.05) is 25.0 Å². The molecule has 5 heteroatoms. The van der Waals surface area contributed by atoms with Gasteiger partial charge in [-0.15, -0.1) is 0 Å². The van der Waals surface area contributed by atoms with Crippen LogP contribution in [0.2, 0.25) is 0 Å². The molecule has 0 bridgehead atoms. The number of anilines is 1. The summed E-state index contributed by atoms with van der Waals surface area (Å²) in [5, 5.41) is 4.19. The molecule has 0 aliphatic rings. The highest BCUT2D eigenvalue weighted by Gasteiger charge is 2.06. The van der Waals surface area contributed by atoms with E-state index in [0.29, 0.717) is 19.0 Å². The topological polar surface area (TPSA) is 64.2 Å². The van der Waals surface area contributed by atoms with Crippen LogP contribution < -0.4 is 16.2 Å². The van der Waals surface area contributed by atoms with Crippen molar-refractivity contribution in [1.82, 2.24) is 9.78 Å². The molecule has 0 aliphatic heterocycles. The third-order valence-electron chi connectivity index (χ3n) is 2.94. The van der Waals surface area contributed by atoms with Gasteiger partial charge in [0, 0.05) is 32.7 Å². The van der Waals surface area contributed by atoms with Crippen LogP contribution in [0.15, 0.2) is 17.1 Å². The monoisotopic (exact) mass is 238 g/mol. The van der Waals surface area contributed by atoms with Crippen molar-refractivity contribution in [1.29, 1.82) is 0 Å². The van der Waals surface area contributed by atoms with E-state index in [-0.39, 0.29) is 5.56 Å². The van der Waals surface area contributed by atoms with Crippen molar-refractivity contribution in [3.63, 3.8) is 0 Å². The Morgan fingerprint density at radius 1 is 1.59 bits per heavy atom. The fraction of sp³-hybridized carbons (Fsp3) is 0.667. The third kappa shape index (κ3) is 3.85. The Morgan fingerprint density at radius 3 is 2.82 bits per heavy atom. The largest absolute Gasteiger partial charge is 0.372 e. The number of aromatic nitrogens is 2. The number of likely N-dealkylation sites (N-methyl/N-ethyl adjacent to an activating group) is 1. The van der Waals surface area contributed by atoms with E-state index in [9.17, 15) is 4.79 Å². The van der Waals surface area contributed by atoms with Gasteiger partial charge in [-0.05, 0) is 5.92 Å². The Labute approximate surface area is 102 Å². The summed E-state index contributed by atoms with van der Waals surface area (Å²) in [5.41, 5.74) is 6.24. The average molecular weight is 238 g/mol. The fourth-order valence-electron chi connectivity index (χ4n) is 1.52. The molecule has 0 aromatic carbocycles. The summed E-state index contributed by atoms with van der Waals surface area (Å²) < 4.78 is 1.52. The summed E-state index contributed by atoms with van der Waals surface area (Å²) in [4.78, 5) is 13.8. The highest BCUT2D eigenvalue weighted by atomic mass is 16.1. The molecule has 17 heavy (non-hydrogen) atoms. The Morgan fingerprint density at radius 2 is 2.29 bits per heavy atom. The van der Waals surface area contributed by atoms with Crippen molar-refractivity contribution in [2.24, 2.45) is 11.7 Å². The van der Waals surface area contributed by atoms with Gasteiger partial charge in [0.1, 0.15) is 0 Å². The predicted molar refractivity (Wildman–Crippen MR) is 70.3 cm³/mol. The first-order valence-corrected chi connectivity index (χ1v) is 6.06. The number of nitrogens with zero attached hydrogens (tertiary/aromatic N) is 3. The Balaban J connectivity index is 2.82. The normalized spacial score (nSPS) is 12.5. The summed E-state index contributed by atoms with van der Waals surface area (Å²) in [5.74, 6) is 0.466. The van der Waals surface area contributed by atoms with Crippen LogP contribution in [0.1, 0.15) is 20.3 Å². The highest BCUT2D eigenvalue weighted by Crippen LogP contribution is 2.07. The molecule has 1 aromatic heterocycles. The lowest BCUT2D eigenvalue weighted by Gasteiger charge is -2.18. The molecule has 0 fully saturated rings. The lowest BCUT2D eigenvalue weighted by molar-refractivity contribution is 0.424. The molecule has 0 amide bonds. The van der Waals surface area contributed by atoms with E-state index in [4.69, 9.17) is 5.73 Å². The molecule has 5 nitrogen and oxygen atoms in total. The van der Waals surface area contributed by atoms with Gasteiger partial charge in [-0.3, -0.25) is 4.79 Å². The fourth-order valence-corrected chi connectivity index (χ4v) is 1.52. The van der Waals surface area contributed by atoms with E-state index in [0.717, 1.165) is 18.7 Å². The van der Waals surface area contributed by atoms with Gasteiger partial charge in [-0.1, -0.05) is 20.3 Å². The highest BCUT2D eigenvalue weighted by molar-refractivity contribution is 5.41. The van der Waals surface area contributed by atoms with Crippen molar-refractivity contribution in [2.45, 2.75) is 26.8 Å². The second kappa shape index (κ2) is 6.39. The summed E-state index contributed by atoms with van der Waals surface area (Å²) in [6.45, 7) is 6.18. The second-order valence-electron chi connectivity index (χ2n) is 4.46. The minimum Gasteiger partial charge on any atom is -0.372 e. The third-order valence-corrected chi connectivity index (χ3v) is 2.94. The van der Waals surface area contributed by atoms with E-state index < -0.39 is 0 Å². The van der Waals surface area contributed by atoms with Crippen LogP contribution >= 0.6 is 0 Å². The molecular formula is C12H22N4O. The molecular weight excluding hydrogens is 216 g/mol. The van der Waals surface area contributed by atoms with Crippen LogP contribution in [-0.2, 0) is 6.54 Å². The predicted octanol–water partition coefficient (Wildman–Crippen LogP) is 0.684. The zero-order valence-electron chi connectivity index (χ0n) is 10.9. The quantitative estimate of drug-likeness (QED) is 0.791. The van der Waals surface area contributed by atoms with Gasteiger partial charge in [0.05, 0.1) is 11.9 Å². The summed E-state index contributed by atoms with van der Waals surface area (Å²) in [7, 11) is 1.91. The van der Waals surface area contributed by atoms with Gasteiger partial charge in [0.2, 0.25) is 0 Å². The van der Waals surface area contributed by atoms with Crippen molar-refractivity contribution < 1.29 is 0 Å². The molecule has 0 saturated carbocycles. The average Bonchev–Trinajstić information content (AvgIpc) is 2.31.